The number of nitrogens with one attached hydrogen (secondary N) is 1. The molecular formula is C15H21N3O2. The van der Waals surface area contributed by atoms with Crippen LogP contribution in [0.2, 0.25) is 0 Å². The minimum atomic E-state index is -0.457. The SMILES string of the molecule is CCOC(=O)NC1=NCC(c2cccc(CC)c2)N1C. The third kappa shape index (κ3) is 3.10. The maximum atomic E-state index is 11.4. The number of hydrogen-bond donors (Lipinski definition) is 1. The molecule has 0 aromatic heterocycles. The summed E-state index contributed by atoms with van der Waals surface area (Å²) in [6.07, 6.45) is 0.556. The third-order valence-electron chi connectivity index (χ3n) is 3.45. The molecule has 1 atom stereocenters. The Balaban J connectivity index is 2.05. The Morgan fingerprint density at radius 3 is 3.00 bits per heavy atom. The number of carbonyl (C=O) groups excluding carboxylic acids is 1. The van der Waals surface area contributed by atoms with Gasteiger partial charge in [-0.25, -0.2) is 4.79 Å². The minimum Gasteiger partial charge on any atom is -0.450 e. The van der Waals surface area contributed by atoms with E-state index in [1.54, 1.807) is 6.92 Å². The van der Waals surface area contributed by atoms with Gasteiger partial charge in [-0.2, -0.15) is 0 Å². The van der Waals surface area contributed by atoms with Gasteiger partial charge in [0.15, 0.2) is 0 Å². The molecule has 5 nitrogen and oxygen atoms in total. The summed E-state index contributed by atoms with van der Waals surface area (Å²) < 4.78 is 4.87. The maximum Gasteiger partial charge on any atom is 0.413 e. The molecule has 0 saturated carbocycles. The zero-order chi connectivity index (χ0) is 14.5. The molecule has 1 unspecified atom stereocenters. The summed E-state index contributed by atoms with van der Waals surface area (Å²) in [4.78, 5) is 17.8. The van der Waals surface area contributed by atoms with E-state index in [2.05, 4.69) is 41.5 Å². The molecule has 1 amide bonds. The first-order valence-corrected chi connectivity index (χ1v) is 6.95. The van der Waals surface area contributed by atoms with Crippen LogP contribution in [0.3, 0.4) is 0 Å². The topological polar surface area (TPSA) is 53.9 Å². The van der Waals surface area contributed by atoms with E-state index in [0.717, 1.165) is 6.42 Å². The standard InChI is InChI=1S/C15H21N3O2/c1-4-11-7-6-8-12(9-11)13-10-16-14(18(13)3)17-15(19)20-5-2/h6-9,13H,4-5,10H2,1-3H3,(H,16,17,19). The number of benzene rings is 1. The number of aryl methyl sites for hydroxylation is 1. The van der Waals surface area contributed by atoms with Crippen molar-refractivity contribution in [3.8, 4) is 0 Å². The summed E-state index contributed by atoms with van der Waals surface area (Å²) in [5.41, 5.74) is 2.53. The molecule has 0 radical (unpaired) electrons. The van der Waals surface area contributed by atoms with E-state index in [0.29, 0.717) is 19.1 Å². The Labute approximate surface area is 119 Å². The molecule has 0 bridgehead atoms. The predicted molar refractivity (Wildman–Crippen MR) is 78.8 cm³/mol. The summed E-state index contributed by atoms with van der Waals surface area (Å²) >= 11 is 0. The second kappa shape index (κ2) is 6.41. The van der Waals surface area contributed by atoms with Crippen LogP contribution in [0.1, 0.15) is 31.0 Å². The number of nitrogens with zero attached hydrogens (tertiary/aromatic N) is 2. The number of carbonyl (C=O) groups is 1. The fourth-order valence-electron chi connectivity index (χ4n) is 2.29. The van der Waals surface area contributed by atoms with Gasteiger partial charge in [0.2, 0.25) is 5.96 Å². The van der Waals surface area contributed by atoms with Crippen molar-refractivity contribution in [2.45, 2.75) is 26.3 Å². The first-order valence-electron chi connectivity index (χ1n) is 6.95. The zero-order valence-electron chi connectivity index (χ0n) is 12.2. The number of aliphatic imine (C=N–C) groups is 1. The van der Waals surface area contributed by atoms with Crippen LogP contribution < -0.4 is 5.32 Å². The van der Waals surface area contributed by atoms with Gasteiger partial charge < -0.3 is 9.64 Å². The third-order valence-corrected chi connectivity index (χ3v) is 3.45. The van der Waals surface area contributed by atoms with Crippen LogP contribution >= 0.6 is 0 Å². The summed E-state index contributed by atoms with van der Waals surface area (Å²) in [6, 6.07) is 8.65. The van der Waals surface area contributed by atoms with Crippen LogP contribution in [-0.4, -0.2) is 37.2 Å². The van der Waals surface area contributed by atoms with Gasteiger partial charge in [-0.15, -0.1) is 0 Å². The summed E-state index contributed by atoms with van der Waals surface area (Å²) in [5.74, 6) is 0.565. The smallest absolute Gasteiger partial charge is 0.413 e. The molecule has 1 heterocycles. The van der Waals surface area contributed by atoms with Gasteiger partial charge >= 0.3 is 6.09 Å². The van der Waals surface area contributed by atoms with Crippen LogP contribution in [-0.2, 0) is 11.2 Å². The second-order valence-corrected chi connectivity index (χ2v) is 4.74. The Hall–Kier alpha value is -2.04. The normalized spacial score (nSPS) is 17.9. The summed E-state index contributed by atoms with van der Waals surface area (Å²) in [5, 5.41) is 2.67. The average Bonchev–Trinajstić information content (AvgIpc) is 2.80. The number of ether oxygens (including phenoxy) is 1. The predicted octanol–water partition coefficient (Wildman–Crippen LogP) is 2.34. The van der Waals surface area contributed by atoms with Crippen molar-refractivity contribution in [1.82, 2.24) is 10.2 Å². The van der Waals surface area contributed by atoms with E-state index >= 15 is 0 Å². The monoisotopic (exact) mass is 275 g/mol. The van der Waals surface area contributed by atoms with Crippen molar-refractivity contribution < 1.29 is 9.53 Å². The molecule has 1 aromatic rings. The summed E-state index contributed by atoms with van der Waals surface area (Å²) in [6.45, 7) is 4.91. The van der Waals surface area contributed by atoms with E-state index in [1.165, 1.54) is 11.1 Å². The number of guanidine groups is 1. The molecule has 0 aliphatic carbocycles. The van der Waals surface area contributed by atoms with Crippen molar-refractivity contribution in [3.63, 3.8) is 0 Å². The molecule has 1 aliphatic rings. The van der Waals surface area contributed by atoms with Crippen LogP contribution in [0.4, 0.5) is 4.79 Å². The first-order chi connectivity index (χ1) is 9.65. The zero-order valence-corrected chi connectivity index (χ0v) is 12.2. The molecule has 108 valence electrons. The highest BCUT2D eigenvalue weighted by molar-refractivity contribution is 5.94. The summed E-state index contributed by atoms with van der Waals surface area (Å²) in [7, 11) is 1.93. The van der Waals surface area contributed by atoms with Crippen LogP contribution in [0, 0.1) is 0 Å². The Kier molecular flexibility index (Phi) is 4.61. The highest BCUT2D eigenvalue weighted by atomic mass is 16.5. The van der Waals surface area contributed by atoms with Crippen LogP contribution in [0.15, 0.2) is 29.3 Å². The van der Waals surface area contributed by atoms with Crippen molar-refractivity contribution in [2.75, 3.05) is 20.2 Å². The lowest BCUT2D eigenvalue weighted by molar-refractivity contribution is 0.156. The first kappa shape index (κ1) is 14.4. The number of likely N-dealkylation sites (N-methyl/N-ethyl adjacent to an activating group) is 1. The Morgan fingerprint density at radius 2 is 2.30 bits per heavy atom. The molecule has 1 N–H and O–H groups in total. The van der Waals surface area contributed by atoms with Crippen LogP contribution in [0.25, 0.3) is 0 Å². The number of hydrogen-bond acceptors (Lipinski definition) is 4. The number of alkyl carbamates (subject to hydrolysis) is 1. The second-order valence-electron chi connectivity index (χ2n) is 4.74. The van der Waals surface area contributed by atoms with Gasteiger partial charge in [-0.3, -0.25) is 10.3 Å². The lowest BCUT2D eigenvalue weighted by atomic mass is 10.0. The molecule has 1 aliphatic heterocycles. The van der Waals surface area contributed by atoms with Gasteiger partial charge in [-0.05, 0) is 24.5 Å². The van der Waals surface area contributed by atoms with Gasteiger partial charge in [0.05, 0.1) is 19.2 Å². The molecule has 20 heavy (non-hydrogen) atoms. The molecule has 0 spiro atoms. The molecule has 5 heteroatoms. The quantitative estimate of drug-likeness (QED) is 0.921. The Morgan fingerprint density at radius 1 is 1.50 bits per heavy atom. The average molecular weight is 275 g/mol. The fourth-order valence-corrected chi connectivity index (χ4v) is 2.29. The Bertz CT molecular complexity index is 514. The lowest BCUT2D eigenvalue weighted by Gasteiger charge is -2.23. The highest BCUT2D eigenvalue weighted by Gasteiger charge is 2.27. The molecule has 0 saturated heterocycles. The van der Waals surface area contributed by atoms with E-state index in [-0.39, 0.29) is 6.04 Å². The van der Waals surface area contributed by atoms with E-state index in [1.807, 2.05) is 11.9 Å². The van der Waals surface area contributed by atoms with Crippen LogP contribution in [0.5, 0.6) is 0 Å². The fraction of sp³-hybridized carbons (Fsp3) is 0.467. The van der Waals surface area contributed by atoms with Crippen molar-refractivity contribution in [2.24, 2.45) is 4.99 Å². The molecular weight excluding hydrogens is 254 g/mol. The van der Waals surface area contributed by atoms with Gasteiger partial charge in [-0.1, -0.05) is 31.2 Å². The van der Waals surface area contributed by atoms with Gasteiger partial charge in [0.25, 0.3) is 0 Å². The number of amides is 1. The maximum absolute atomic E-state index is 11.4. The van der Waals surface area contributed by atoms with E-state index in [9.17, 15) is 4.79 Å². The van der Waals surface area contributed by atoms with E-state index < -0.39 is 6.09 Å². The van der Waals surface area contributed by atoms with Gasteiger partial charge in [0.1, 0.15) is 0 Å². The van der Waals surface area contributed by atoms with Crippen molar-refractivity contribution in [1.29, 1.82) is 0 Å². The number of rotatable bonds is 3. The molecule has 1 aromatic carbocycles. The van der Waals surface area contributed by atoms with Crippen molar-refractivity contribution >= 4 is 12.1 Å². The lowest BCUT2D eigenvalue weighted by Crippen LogP contribution is -2.40. The van der Waals surface area contributed by atoms with Gasteiger partial charge in [0, 0.05) is 7.05 Å². The largest absolute Gasteiger partial charge is 0.450 e. The molecule has 0 fully saturated rings. The van der Waals surface area contributed by atoms with Crippen molar-refractivity contribution in [3.05, 3.63) is 35.4 Å². The highest BCUT2D eigenvalue weighted by Crippen LogP contribution is 2.25. The minimum absolute atomic E-state index is 0.165. The molecule has 2 rings (SSSR count). The van der Waals surface area contributed by atoms with E-state index in [4.69, 9.17) is 4.74 Å².